The maximum Gasteiger partial charge on any atom is 0.121 e. The molecule has 3 atom stereocenters. The van der Waals surface area contributed by atoms with E-state index in [0.717, 1.165) is 0 Å². The quantitative estimate of drug-likeness (QED) is 0.359. The molecule has 0 saturated heterocycles. The third kappa shape index (κ3) is 14.4. The molecule has 4 heteroatoms. The van der Waals surface area contributed by atoms with Crippen LogP contribution < -0.4 is 0 Å². The molecular weight excluding hydrogens is 584 g/mol. The predicted octanol–water partition coefficient (Wildman–Crippen LogP) is 4.02. The standard InChI is InChI=1S/3C11H12O.Ce/c3*1-11(2)9-7-5-3-4-6-8-10(11)12;/h3*3-4,10,12H,9H2,1-2H3;/b3*4-3-;. The van der Waals surface area contributed by atoms with Gasteiger partial charge in [0.25, 0.3) is 0 Å². The van der Waals surface area contributed by atoms with Gasteiger partial charge in [-0.05, 0) is 36.5 Å². The number of aliphatic hydroxyl groups is 3. The summed E-state index contributed by atoms with van der Waals surface area (Å²) in [4.78, 5) is 0. The number of hydrogen-bond donors (Lipinski definition) is 3. The molecule has 0 aliphatic heterocycles. The second kappa shape index (κ2) is 17.4. The second-order valence-electron chi connectivity index (χ2n) is 10.5. The first kappa shape index (κ1) is 34.8. The van der Waals surface area contributed by atoms with E-state index in [1.165, 1.54) is 0 Å². The molecule has 0 fully saturated rings. The van der Waals surface area contributed by atoms with E-state index < -0.39 is 18.3 Å². The van der Waals surface area contributed by atoms with Crippen LogP contribution in [-0.4, -0.2) is 33.6 Å². The molecule has 0 spiro atoms. The zero-order valence-electron chi connectivity index (χ0n) is 22.7. The average Bonchev–Trinajstić information content (AvgIpc) is 2.97. The van der Waals surface area contributed by atoms with E-state index in [1.807, 2.05) is 41.5 Å². The van der Waals surface area contributed by atoms with E-state index in [2.05, 4.69) is 71.0 Å². The molecule has 37 heavy (non-hydrogen) atoms. The van der Waals surface area contributed by atoms with Crippen molar-refractivity contribution in [3.05, 3.63) is 36.5 Å². The van der Waals surface area contributed by atoms with Gasteiger partial charge in [-0.3, -0.25) is 0 Å². The molecule has 0 bridgehead atoms. The summed E-state index contributed by atoms with van der Waals surface area (Å²) in [7, 11) is 0. The fourth-order valence-corrected chi connectivity index (χ4v) is 2.52. The summed E-state index contributed by atoms with van der Waals surface area (Å²) in [5.41, 5.74) is -0.690. The van der Waals surface area contributed by atoms with Crippen molar-refractivity contribution < 1.29 is 57.1 Å². The molecule has 3 aliphatic rings. The van der Waals surface area contributed by atoms with Crippen LogP contribution in [0.2, 0.25) is 0 Å². The fraction of sp³-hybridized carbons (Fsp3) is 0.455. The summed E-state index contributed by atoms with van der Waals surface area (Å²) < 4.78 is 0. The van der Waals surface area contributed by atoms with Gasteiger partial charge in [-0.1, -0.05) is 113 Å². The summed E-state index contributed by atoms with van der Waals surface area (Å²) in [6.45, 7) is 11.8. The summed E-state index contributed by atoms with van der Waals surface area (Å²) in [5, 5.41) is 28.8. The first-order valence-electron chi connectivity index (χ1n) is 11.9. The van der Waals surface area contributed by atoms with E-state index in [4.69, 9.17) is 0 Å². The molecule has 0 heterocycles. The van der Waals surface area contributed by atoms with Crippen LogP contribution in [0, 0.1) is 129 Å². The van der Waals surface area contributed by atoms with Gasteiger partial charge in [0.2, 0.25) is 0 Å². The Morgan fingerprint density at radius 1 is 0.459 bits per heavy atom. The van der Waals surface area contributed by atoms with Crippen molar-refractivity contribution in [2.75, 3.05) is 0 Å². The largest absolute Gasteiger partial charge is 0.380 e. The molecule has 0 amide bonds. The van der Waals surface area contributed by atoms with Crippen LogP contribution in [0.5, 0.6) is 0 Å². The van der Waals surface area contributed by atoms with Gasteiger partial charge in [0.05, 0.1) is 0 Å². The molecule has 0 saturated carbocycles. The van der Waals surface area contributed by atoms with Gasteiger partial charge in [-0.2, -0.15) is 0 Å². The molecule has 0 aromatic carbocycles. The Kier molecular flexibility index (Phi) is 16.3. The van der Waals surface area contributed by atoms with Crippen molar-refractivity contribution in [3.63, 3.8) is 0 Å². The molecule has 3 nitrogen and oxygen atoms in total. The Morgan fingerprint density at radius 2 is 0.676 bits per heavy atom. The van der Waals surface area contributed by atoms with Crippen molar-refractivity contribution in [3.8, 4) is 71.0 Å². The molecule has 3 aliphatic carbocycles. The van der Waals surface area contributed by atoms with Crippen LogP contribution in [-0.2, 0) is 0 Å². The van der Waals surface area contributed by atoms with E-state index in [9.17, 15) is 15.3 Å². The van der Waals surface area contributed by atoms with Crippen LogP contribution >= 0.6 is 0 Å². The number of aliphatic hydroxyl groups excluding tert-OH is 3. The molecule has 3 unspecified atom stereocenters. The van der Waals surface area contributed by atoms with Crippen molar-refractivity contribution in [2.45, 2.75) is 79.1 Å². The average molecular weight is 621 g/mol. The Labute approximate surface area is 258 Å². The van der Waals surface area contributed by atoms with Gasteiger partial charge >= 0.3 is 0 Å². The first-order valence-corrected chi connectivity index (χ1v) is 11.9. The van der Waals surface area contributed by atoms with Crippen molar-refractivity contribution in [1.29, 1.82) is 0 Å². The molecular formula is C33H36CeO3. The number of rotatable bonds is 0. The van der Waals surface area contributed by atoms with Gasteiger partial charge in [0.1, 0.15) is 18.3 Å². The minimum Gasteiger partial charge on any atom is -0.380 e. The zero-order valence-corrected chi connectivity index (χ0v) is 25.8. The number of allylic oxidation sites excluding steroid dienone is 6. The molecule has 3 rings (SSSR count). The zero-order chi connectivity index (χ0) is 27.1. The van der Waals surface area contributed by atoms with Gasteiger partial charge < -0.3 is 15.3 Å². The summed E-state index contributed by atoms with van der Waals surface area (Å²) in [6.07, 6.45) is 10.4. The first-order chi connectivity index (χ1) is 16.9. The third-order valence-electron chi connectivity index (χ3n) is 5.57. The Balaban J connectivity index is 0.000000518. The van der Waals surface area contributed by atoms with Crippen LogP contribution in [0.3, 0.4) is 0 Å². The van der Waals surface area contributed by atoms with Gasteiger partial charge in [0.15, 0.2) is 0 Å². The minimum absolute atomic E-state index is 0. The van der Waals surface area contributed by atoms with Crippen molar-refractivity contribution >= 4 is 0 Å². The second-order valence-corrected chi connectivity index (χ2v) is 10.5. The van der Waals surface area contributed by atoms with Gasteiger partial charge in [-0.25, -0.2) is 0 Å². The molecule has 0 aromatic rings. The minimum atomic E-state index is -0.588. The summed E-state index contributed by atoms with van der Waals surface area (Å²) in [5.74, 6) is 34.0. The van der Waals surface area contributed by atoms with E-state index in [0.29, 0.717) is 19.3 Å². The monoisotopic (exact) mass is 620 g/mol. The number of hydrogen-bond acceptors (Lipinski definition) is 3. The smallest absolute Gasteiger partial charge is 0.121 e. The van der Waals surface area contributed by atoms with E-state index >= 15 is 0 Å². The topological polar surface area (TPSA) is 60.7 Å². The molecule has 3 N–H and O–H groups in total. The normalized spacial score (nSPS) is 27.0. The van der Waals surface area contributed by atoms with Crippen molar-refractivity contribution in [2.24, 2.45) is 16.2 Å². The van der Waals surface area contributed by atoms with Crippen LogP contribution in [0.1, 0.15) is 60.8 Å². The Hall–Kier alpha value is -2.16. The van der Waals surface area contributed by atoms with Gasteiger partial charge in [0, 0.05) is 77.3 Å². The maximum atomic E-state index is 9.59. The van der Waals surface area contributed by atoms with E-state index in [1.54, 1.807) is 36.5 Å². The Bertz CT molecular complexity index is 1070. The fourth-order valence-electron chi connectivity index (χ4n) is 2.52. The van der Waals surface area contributed by atoms with E-state index in [-0.39, 0.29) is 58.0 Å². The molecule has 0 aromatic heterocycles. The molecule has 0 radical (unpaired) electrons. The van der Waals surface area contributed by atoms with Crippen LogP contribution in [0.15, 0.2) is 36.5 Å². The maximum absolute atomic E-state index is 9.59. The Morgan fingerprint density at radius 3 is 0.919 bits per heavy atom. The van der Waals surface area contributed by atoms with Crippen LogP contribution in [0.25, 0.3) is 0 Å². The van der Waals surface area contributed by atoms with Crippen LogP contribution in [0.4, 0.5) is 0 Å². The molecule has 190 valence electrons. The SMILES string of the molecule is CC1(C)CC#C/C=C\C#CC1O.CC1(C)CC#C/C=C\C#CC1O.CC1(C)CC#C/C=C\C#CC1O.[Ce]. The predicted molar refractivity (Wildman–Crippen MR) is 147 cm³/mol. The van der Waals surface area contributed by atoms with Crippen molar-refractivity contribution in [1.82, 2.24) is 0 Å². The summed E-state index contributed by atoms with van der Waals surface area (Å²) in [6, 6.07) is 0. The van der Waals surface area contributed by atoms with Gasteiger partial charge in [-0.15, -0.1) is 0 Å². The third-order valence-corrected chi connectivity index (χ3v) is 5.57. The summed E-state index contributed by atoms with van der Waals surface area (Å²) >= 11 is 0.